The molecular weight excluding hydrogens is 320 g/mol. The summed E-state index contributed by atoms with van der Waals surface area (Å²) in [5.74, 6) is 0. The minimum Gasteiger partial charge on any atom is -0.392 e. The second-order valence-corrected chi connectivity index (χ2v) is 6.70. The van der Waals surface area contributed by atoms with Crippen LogP contribution >= 0.6 is 0 Å². The van der Waals surface area contributed by atoms with Crippen LogP contribution < -0.4 is 0 Å². The van der Waals surface area contributed by atoms with Crippen LogP contribution in [-0.4, -0.2) is 22.4 Å². The molecule has 0 aliphatic heterocycles. The molecule has 0 saturated carbocycles. The van der Waals surface area contributed by atoms with Gasteiger partial charge in [-0.3, -0.25) is 10.1 Å². The van der Waals surface area contributed by atoms with Gasteiger partial charge in [-0.05, 0) is 18.2 Å². The summed E-state index contributed by atoms with van der Waals surface area (Å²) in [4.78, 5) is 10.4. The molecule has 7 nitrogen and oxygen atoms in total. The number of hydrogen-bond acceptors (Lipinski definition) is 5. The van der Waals surface area contributed by atoms with Crippen molar-refractivity contribution in [3.8, 4) is 0 Å². The van der Waals surface area contributed by atoms with Crippen molar-refractivity contribution >= 4 is 26.6 Å². The summed E-state index contributed by atoms with van der Waals surface area (Å²) in [7, 11) is -3.85. The van der Waals surface area contributed by atoms with Gasteiger partial charge in [-0.2, -0.15) is 0 Å². The molecule has 3 aromatic rings. The summed E-state index contributed by atoms with van der Waals surface area (Å²) in [6.45, 7) is -0.422. The highest BCUT2D eigenvalue weighted by Crippen LogP contribution is 2.29. The number of aliphatic hydroxyl groups is 1. The van der Waals surface area contributed by atoms with Crippen LogP contribution in [0.1, 0.15) is 5.56 Å². The maximum Gasteiger partial charge on any atom is 0.270 e. The molecule has 0 atom stereocenters. The minimum atomic E-state index is -3.85. The molecule has 0 aliphatic carbocycles. The predicted octanol–water partition coefficient (Wildman–Crippen LogP) is 2.28. The van der Waals surface area contributed by atoms with Gasteiger partial charge in [0.2, 0.25) is 0 Å². The van der Waals surface area contributed by atoms with E-state index in [1.54, 1.807) is 18.2 Å². The molecule has 23 heavy (non-hydrogen) atoms. The van der Waals surface area contributed by atoms with E-state index < -0.39 is 21.6 Å². The molecule has 2 aromatic carbocycles. The Hall–Kier alpha value is -2.71. The van der Waals surface area contributed by atoms with Crippen molar-refractivity contribution in [2.75, 3.05) is 0 Å². The number of nitro benzene ring substituents is 1. The van der Waals surface area contributed by atoms with Crippen LogP contribution in [0, 0.1) is 10.1 Å². The van der Waals surface area contributed by atoms with Gasteiger partial charge in [0.15, 0.2) is 0 Å². The van der Waals surface area contributed by atoms with E-state index in [0.717, 1.165) is 3.97 Å². The van der Waals surface area contributed by atoms with Crippen LogP contribution in [0.15, 0.2) is 59.6 Å². The smallest absolute Gasteiger partial charge is 0.270 e. The molecule has 1 heterocycles. The van der Waals surface area contributed by atoms with Crippen LogP contribution in [-0.2, 0) is 16.6 Å². The zero-order chi connectivity index (χ0) is 16.6. The summed E-state index contributed by atoms with van der Waals surface area (Å²) in [6.07, 6.45) is 1.29. The first kappa shape index (κ1) is 15.2. The maximum absolute atomic E-state index is 12.7. The van der Waals surface area contributed by atoms with Crippen LogP contribution in [0.4, 0.5) is 5.69 Å². The number of nitro groups is 1. The zero-order valence-electron chi connectivity index (χ0n) is 11.8. The Morgan fingerprint density at radius 3 is 2.43 bits per heavy atom. The molecule has 1 N–H and O–H groups in total. The second kappa shape index (κ2) is 5.49. The van der Waals surface area contributed by atoms with Gasteiger partial charge in [-0.1, -0.05) is 18.2 Å². The highest BCUT2D eigenvalue weighted by atomic mass is 32.2. The van der Waals surface area contributed by atoms with E-state index in [4.69, 9.17) is 0 Å². The van der Waals surface area contributed by atoms with Crippen LogP contribution in [0.25, 0.3) is 10.9 Å². The van der Waals surface area contributed by atoms with E-state index in [-0.39, 0.29) is 16.1 Å². The SMILES string of the molecule is O=[N+]([O-])c1ccc2c(c1)c(CO)cn2S(=O)(=O)c1ccccc1. The van der Waals surface area contributed by atoms with E-state index in [0.29, 0.717) is 10.9 Å². The van der Waals surface area contributed by atoms with Gasteiger partial charge in [0, 0.05) is 29.3 Å². The molecule has 0 saturated heterocycles. The summed E-state index contributed by atoms with van der Waals surface area (Å²) < 4.78 is 26.5. The number of non-ortho nitro benzene ring substituents is 1. The minimum absolute atomic E-state index is 0.0970. The Morgan fingerprint density at radius 2 is 1.83 bits per heavy atom. The van der Waals surface area contributed by atoms with Gasteiger partial charge in [0.25, 0.3) is 15.7 Å². The Labute approximate surface area is 131 Å². The van der Waals surface area contributed by atoms with Gasteiger partial charge >= 0.3 is 0 Å². The van der Waals surface area contributed by atoms with E-state index in [1.165, 1.54) is 36.5 Å². The van der Waals surface area contributed by atoms with Crippen molar-refractivity contribution in [3.05, 3.63) is 70.4 Å². The predicted molar refractivity (Wildman–Crippen MR) is 83.5 cm³/mol. The van der Waals surface area contributed by atoms with E-state index in [2.05, 4.69) is 0 Å². The first-order valence-electron chi connectivity index (χ1n) is 6.65. The highest BCUT2D eigenvalue weighted by molar-refractivity contribution is 7.90. The third kappa shape index (κ3) is 2.47. The van der Waals surface area contributed by atoms with Crippen LogP contribution in [0.3, 0.4) is 0 Å². The highest BCUT2D eigenvalue weighted by Gasteiger charge is 2.22. The van der Waals surface area contributed by atoms with Crippen molar-refractivity contribution in [1.29, 1.82) is 0 Å². The third-order valence-electron chi connectivity index (χ3n) is 3.52. The molecule has 0 fully saturated rings. The second-order valence-electron chi connectivity index (χ2n) is 4.88. The Kier molecular flexibility index (Phi) is 3.63. The molecule has 3 rings (SSSR count). The van der Waals surface area contributed by atoms with Crippen LogP contribution in [0.2, 0.25) is 0 Å². The normalized spacial score (nSPS) is 11.7. The summed E-state index contributed by atoms with van der Waals surface area (Å²) in [6, 6.07) is 11.7. The molecule has 8 heteroatoms. The Bertz CT molecular complexity index is 993. The molecule has 1 aromatic heterocycles. The standard InChI is InChI=1S/C15H12N2O5S/c18-10-11-9-16(23(21,22)13-4-2-1-3-5-13)15-7-6-12(17(19)20)8-14(11)15/h1-9,18H,10H2. The van der Waals surface area contributed by atoms with Crippen molar-refractivity contribution in [2.45, 2.75) is 11.5 Å². The fourth-order valence-corrected chi connectivity index (χ4v) is 3.81. The van der Waals surface area contributed by atoms with E-state index in [9.17, 15) is 23.6 Å². The van der Waals surface area contributed by atoms with E-state index >= 15 is 0 Å². The maximum atomic E-state index is 12.7. The molecule has 118 valence electrons. The fourth-order valence-electron chi connectivity index (χ4n) is 2.40. The van der Waals surface area contributed by atoms with Crippen molar-refractivity contribution in [3.63, 3.8) is 0 Å². The van der Waals surface area contributed by atoms with E-state index in [1.807, 2.05) is 0 Å². The number of hydrogen-bond donors (Lipinski definition) is 1. The summed E-state index contributed by atoms with van der Waals surface area (Å²) >= 11 is 0. The lowest BCUT2D eigenvalue weighted by Gasteiger charge is -2.07. The molecular formula is C15H12N2O5S. The number of fused-ring (bicyclic) bond motifs is 1. The molecule has 0 unspecified atom stereocenters. The fraction of sp³-hybridized carbons (Fsp3) is 0.0667. The number of benzene rings is 2. The summed E-state index contributed by atoms with van der Waals surface area (Å²) in [5.41, 5.74) is 0.425. The number of rotatable bonds is 4. The monoisotopic (exact) mass is 332 g/mol. The first-order chi connectivity index (χ1) is 10.9. The largest absolute Gasteiger partial charge is 0.392 e. The molecule has 0 bridgehead atoms. The lowest BCUT2D eigenvalue weighted by atomic mass is 10.1. The van der Waals surface area contributed by atoms with Crippen molar-refractivity contribution < 1.29 is 18.4 Å². The molecule has 0 radical (unpaired) electrons. The molecule has 0 spiro atoms. The zero-order valence-corrected chi connectivity index (χ0v) is 12.6. The Balaban J connectivity index is 2.29. The number of aliphatic hydroxyl groups excluding tert-OH is 1. The lowest BCUT2D eigenvalue weighted by Crippen LogP contribution is -2.11. The van der Waals surface area contributed by atoms with Gasteiger partial charge in [-0.15, -0.1) is 0 Å². The van der Waals surface area contributed by atoms with Gasteiger partial charge < -0.3 is 5.11 Å². The average molecular weight is 332 g/mol. The first-order valence-corrected chi connectivity index (χ1v) is 8.09. The lowest BCUT2D eigenvalue weighted by molar-refractivity contribution is -0.384. The molecule has 0 aliphatic rings. The van der Waals surface area contributed by atoms with Gasteiger partial charge in [0.1, 0.15) is 0 Å². The number of aromatic nitrogens is 1. The van der Waals surface area contributed by atoms with Crippen molar-refractivity contribution in [1.82, 2.24) is 3.97 Å². The van der Waals surface area contributed by atoms with Gasteiger partial charge in [-0.25, -0.2) is 12.4 Å². The summed E-state index contributed by atoms with van der Waals surface area (Å²) in [5, 5.41) is 20.7. The van der Waals surface area contributed by atoms with Crippen LogP contribution in [0.5, 0.6) is 0 Å². The Morgan fingerprint density at radius 1 is 1.13 bits per heavy atom. The van der Waals surface area contributed by atoms with Crippen molar-refractivity contribution in [2.24, 2.45) is 0 Å². The number of nitrogens with zero attached hydrogens (tertiary/aromatic N) is 2. The van der Waals surface area contributed by atoms with Gasteiger partial charge in [0.05, 0.1) is 21.9 Å². The average Bonchev–Trinajstić information content (AvgIpc) is 2.94. The quantitative estimate of drug-likeness (QED) is 0.583. The third-order valence-corrected chi connectivity index (χ3v) is 5.21. The molecule has 0 amide bonds. The topological polar surface area (TPSA) is 102 Å².